The number of carbonyl (C=O) groups is 1. The number of pyridine rings is 1. The summed E-state index contributed by atoms with van der Waals surface area (Å²) in [6.45, 7) is 4.25. The van der Waals surface area contributed by atoms with Gasteiger partial charge in [0.15, 0.2) is 11.6 Å². The number of nitrogens with zero attached hydrogens (tertiary/aromatic N) is 3. The van der Waals surface area contributed by atoms with Crippen LogP contribution in [0.2, 0.25) is 0 Å². The minimum Gasteiger partial charge on any atom is -0.333 e. The van der Waals surface area contributed by atoms with E-state index in [0.717, 1.165) is 37.6 Å². The number of benzene rings is 1. The molecule has 4 saturated heterocycles. The van der Waals surface area contributed by atoms with Crippen molar-refractivity contribution in [3.05, 3.63) is 65.0 Å². The Bertz CT molecular complexity index is 926. The van der Waals surface area contributed by atoms with Crippen molar-refractivity contribution in [3.8, 4) is 0 Å². The van der Waals surface area contributed by atoms with Crippen LogP contribution in [0.1, 0.15) is 40.2 Å². The third-order valence-corrected chi connectivity index (χ3v) is 6.91. The Balaban J connectivity index is 1.57. The molecule has 3 atom stereocenters. The van der Waals surface area contributed by atoms with Crippen LogP contribution in [0, 0.1) is 24.5 Å². The Hall–Kier alpha value is -2.34. The summed E-state index contributed by atoms with van der Waals surface area (Å²) in [6.07, 6.45) is 5.40. The van der Waals surface area contributed by atoms with Gasteiger partial charge < -0.3 is 4.90 Å². The van der Waals surface area contributed by atoms with Crippen molar-refractivity contribution < 1.29 is 13.6 Å². The van der Waals surface area contributed by atoms with E-state index in [-0.39, 0.29) is 23.9 Å². The first-order valence-corrected chi connectivity index (χ1v) is 9.96. The number of amides is 1. The maximum Gasteiger partial charge on any atom is 0.256 e. The predicted octanol–water partition coefficient (Wildman–Crippen LogP) is 3.37. The zero-order valence-corrected chi connectivity index (χ0v) is 15.8. The molecule has 4 fully saturated rings. The fourth-order valence-electron chi connectivity index (χ4n) is 5.58. The molecule has 1 amide bonds. The van der Waals surface area contributed by atoms with Crippen LogP contribution in [0.4, 0.5) is 8.78 Å². The lowest BCUT2D eigenvalue weighted by Gasteiger charge is -2.51. The number of aryl methyl sites for hydroxylation is 1. The van der Waals surface area contributed by atoms with Crippen molar-refractivity contribution in [2.24, 2.45) is 5.92 Å². The lowest BCUT2D eigenvalue weighted by Crippen LogP contribution is -2.60. The number of hydrogen-bond donors (Lipinski definition) is 0. The van der Waals surface area contributed by atoms with Crippen LogP contribution in [-0.4, -0.2) is 52.4 Å². The molecule has 4 aliphatic heterocycles. The minimum atomic E-state index is -0.821. The molecular weight excluding hydrogens is 360 g/mol. The predicted molar refractivity (Wildman–Crippen MR) is 101 cm³/mol. The van der Waals surface area contributed by atoms with Gasteiger partial charge in [-0.05, 0) is 62.0 Å². The Kier molecular flexibility index (Phi) is 4.19. The number of carbonyl (C=O) groups excluding carboxylic acids is 1. The van der Waals surface area contributed by atoms with E-state index < -0.39 is 11.6 Å². The summed E-state index contributed by atoms with van der Waals surface area (Å²) in [7, 11) is 0. The smallest absolute Gasteiger partial charge is 0.256 e. The van der Waals surface area contributed by atoms with Gasteiger partial charge in [-0.3, -0.25) is 14.7 Å². The van der Waals surface area contributed by atoms with Gasteiger partial charge in [-0.25, -0.2) is 8.78 Å². The summed E-state index contributed by atoms with van der Waals surface area (Å²) in [5.74, 6) is -1.45. The second kappa shape index (κ2) is 6.62. The molecule has 28 heavy (non-hydrogen) atoms. The van der Waals surface area contributed by atoms with Crippen LogP contribution in [-0.2, 0) is 0 Å². The maximum atomic E-state index is 14.7. The normalized spacial score (nSPS) is 31.1. The molecule has 0 spiro atoms. The number of fused-ring (bicyclic) bond motifs is 2. The lowest BCUT2D eigenvalue weighted by atomic mass is 9.75. The quantitative estimate of drug-likeness (QED) is 0.798. The number of piperidine rings is 3. The van der Waals surface area contributed by atoms with E-state index in [0.29, 0.717) is 23.6 Å². The average molecular weight is 383 g/mol. The highest BCUT2D eigenvalue weighted by Gasteiger charge is 2.55. The molecule has 1 aromatic heterocycles. The second-order valence-corrected chi connectivity index (χ2v) is 8.25. The summed E-state index contributed by atoms with van der Waals surface area (Å²) in [5.41, 5.74) is 1.87. The first kappa shape index (κ1) is 17.7. The van der Waals surface area contributed by atoms with Gasteiger partial charge in [0.05, 0.1) is 11.6 Å². The summed E-state index contributed by atoms with van der Waals surface area (Å²) in [4.78, 5) is 21.8. The van der Waals surface area contributed by atoms with E-state index in [2.05, 4.69) is 9.88 Å². The van der Waals surface area contributed by atoms with Gasteiger partial charge in [-0.1, -0.05) is 12.1 Å². The van der Waals surface area contributed by atoms with Gasteiger partial charge in [-0.15, -0.1) is 0 Å². The highest BCUT2D eigenvalue weighted by Crippen LogP contribution is 2.47. The monoisotopic (exact) mass is 383 g/mol. The molecule has 146 valence electrons. The molecule has 2 aromatic rings. The van der Waals surface area contributed by atoms with E-state index in [1.165, 1.54) is 0 Å². The molecule has 4 nitrogen and oxygen atoms in total. The summed E-state index contributed by atoms with van der Waals surface area (Å²) < 4.78 is 28.6. The summed E-state index contributed by atoms with van der Waals surface area (Å²) >= 11 is 0. The molecule has 2 bridgehead atoms. The van der Waals surface area contributed by atoms with Crippen molar-refractivity contribution in [2.45, 2.75) is 37.8 Å². The van der Waals surface area contributed by atoms with Crippen LogP contribution in [0.25, 0.3) is 0 Å². The Morgan fingerprint density at radius 2 is 1.93 bits per heavy atom. The van der Waals surface area contributed by atoms with Crippen LogP contribution < -0.4 is 0 Å². The minimum absolute atomic E-state index is 0.0438. The molecule has 5 heterocycles. The maximum absolute atomic E-state index is 14.7. The number of aromatic nitrogens is 1. The Morgan fingerprint density at radius 1 is 1.14 bits per heavy atom. The summed E-state index contributed by atoms with van der Waals surface area (Å²) in [5, 5.41) is 0. The Labute approximate surface area is 163 Å². The van der Waals surface area contributed by atoms with Gasteiger partial charge in [0.2, 0.25) is 0 Å². The van der Waals surface area contributed by atoms with Crippen LogP contribution in [0.5, 0.6) is 0 Å². The summed E-state index contributed by atoms with van der Waals surface area (Å²) in [6, 6.07) is 6.32. The van der Waals surface area contributed by atoms with Crippen molar-refractivity contribution in [1.82, 2.24) is 14.8 Å². The zero-order valence-electron chi connectivity index (χ0n) is 15.8. The van der Waals surface area contributed by atoms with Gasteiger partial charge in [-0.2, -0.15) is 0 Å². The molecule has 0 radical (unpaired) electrons. The van der Waals surface area contributed by atoms with E-state index in [1.54, 1.807) is 24.5 Å². The molecule has 6 heteroatoms. The molecule has 1 aromatic carbocycles. The third-order valence-electron chi connectivity index (χ3n) is 6.91. The van der Waals surface area contributed by atoms with Crippen molar-refractivity contribution >= 4 is 5.91 Å². The fourth-order valence-corrected chi connectivity index (χ4v) is 5.58. The zero-order chi connectivity index (χ0) is 19.4. The number of rotatable bonds is 2. The van der Waals surface area contributed by atoms with E-state index in [9.17, 15) is 13.6 Å². The highest BCUT2D eigenvalue weighted by molar-refractivity contribution is 5.96. The highest BCUT2D eigenvalue weighted by atomic mass is 19.2. The molecule has 0 aliphatic carbocycles. The first-order valence-electron chi connectivity index (χ1n) is 9.96. The second-order valence-electron chi connectivity index (χ2n) is 8.25. The van der Waals surface area contributed by atoms with Gasteiger partial charge in [0.1, 0.15) is 0 Å². The number of likely N-dealkylation sites (tertiary alicyclic amines) is 1. The topological polar surface area (TPSA) is 36.4 Å². The van der Waals surface area contributed by atoms with E-state index in [1.807, 2.05) is 17.9 Å². The Morgan fingerprint density at radius 3 is 2.68 bits per heavy atom. The van der Waals surface area contributed by atoms with Gasteiger partial charge in [0, 0.05) is 30.9 Å². The number of halogens is 2. The molecular formula is C22H23F2N3O. The van der Waals surface area contributed by atoms with Crippen molar-refractivity contribution in [3.63, 3.8) is 0 Å². The van der Waals surface area contributed by atoms with E-state index >= 15 is 0 Å². The largest absolute Gasteiger partial charge is 0.333 e. The fraction of sp³-hybridized carbons (Fsp3) is 0.455. The van der Waals surface area contributed by atoms with E-state index in [4.69, 9.17) is 0 Å². The van der Waals surface area contributed by atoms with Crippen LogP contribution in [0.15, 0.2) is 36.7 Å². The first-order chi connectivity index (χ1) is 13.6. The van der Waals surface area contributed by atoms with Crippen LogP contribution >= 0.6 is 0 Å². The lowest BCUT2D eigenvalue weighted by molar-refractivity contribution is -0.00362. The van der Waals surface area contributed by atoms with Crippen molar-refractivity contribution in [1.29, 1.82) is 0 Å². The third kappa shape index (κ3) is 2.58. The molecule has 0 unspecified atom stereocenters. The average Bonchev–Trinajstić information content (AvgIpc) is 3.13. The van der Waals surface area contributed by atoms with Gasteiger partial charge in [0.25, 0.3) is 5.91 Å². The molecule has 4 aliphatic rings. The van der Waals surface area contributed by atoms with Gasteiger partial charge >= 0.3 is 0 Å². The van der Waals surface area contributed by atoms with Crippen molar-refractivity contribution in [2.75, 3.05) is 19.6 Å². The number of hydrogen-bond acceptors (Lipinski definition) is 3. The molecule has 0 saturated carbocycles. The van der Waals surface area contributed by atoms with Crippen LogP contribution in [0.3, 0.4) is 0 Å². The standard InChI is InChI=1S/C22H23F2N3O/c1-13-5-8-25-11-16(13)22(28)27-12-17(15-3-2-4-18(23)19(15)24)21-20(27)14-6-9-26(21)10-7-14/h2-5,8,11,14,17,20-21H,6-7,9-10,12H2,1H3/t17-,20-,21-/m1/s1. The molecule has 0 N–H and O–H groups in total. The SMILES string of the molecule is Cc1ccncc1C(=O)N1C[C@H](c2cccc(F)c2F)[C@@H]2[C@H]1C1CCN2CC1. The molecule has 6 rings (SSSR count).